The van der Waals surface area contributed by atoms with Crippen molar-refractivity contribution in [2.45, 2.75) is 32.0 Å². The average Bonchev–Trinajstić information content (AvgIpc) is 3.35. The molecule has 1 amide bonds. The number of rotatable bonds is 7. The highest BCUT2D eigenvalue weighted by Crippen LogP contribution is 2.32. The van der Waals surface area contributed by atoms with E-state index in [1.54, 1.807) is 17.6 Å². The van der Waals surface area contributed by atoms with Gasteiger partial charge >= 0.3 is 12.3 Å². The molecule has 4 rings (SSSR count). The van der Waals surface area contributed by atoms with Crippen LogP contribution in [0.25, 0.3) is 11.3 Å². The molecule has 2 aromatic heterocycles. The predicted octanol–water partition coefficient (Wildman–Crippen LogP) is 6.01. The van der Waals surface area contributed by atoms with Gasteiger partial charge in [0.05, 0.1) is 29.0 Å². The van der Waals surface area contributed by atoms with Gasteiger partial charge in [-0.1, -0.05) is 18.2 Å². The molecule has 1 fully saturated rings. The normalized spacial score (nSPS) is 14.9. The molecular weight excluding hydrogens is 465 g/mol. The minimum Gasteiger partial charge on any atom is -0.465 e. The number of hydrogen-bond acceptors (Lipinski definition) is 5. The van der Waals surface area contributed by atoms with E-state index in [4.69, 9.17) is 0 Å². The van der Waals surface area contributed by atoms with Crippen LogP contribution in [0.4, 0.5) is 23.8 Å². The van der Waals surface area contributed by atoms with Crippen molar-refractivity contribution in [3.8, 4) is 11.3 Å². The van der Waals surface area contributed by atoms with Gasteiger partial charge in [-0.15, -0.1) is 11.3 Å². The Bertz CT molecular complexity index is 1100. The molecule has 0 unspecified atom stereocenters. The van der Waals surface area contributed by atoms with E-state index >= 15 is 0 Å². The summed E-state index contributed by atoms with van der Waals surface area (Å²) in [4.78, 5) is 23.9. The van der Waals surface area contributed by atoms with Crippen molar-refractivity contribution in [3.05, 3.63) is 64.6 Å². The number of hydrogen-bond donors (Lipinski definition) is 1. The van der Waals surface area contributed by atoms with Gasteiger partial charge in [-0.3, -0.25) is 0 Å². The van der Waals surface area contributed by atoms with E-state index in [0.717, 1.165) is 56.0 Å². The topological polar surface area (TPSA) is 69.6 Å². The van der Waals surface area contributed by atoms with Gasteiger partial charge in [-0.25, -0.2) is 14.8 Å². The van der Waals surface area contributed by atoms with Crippen LogP contribution in [0.3, 0.4) is 0 Å². The third-order valence-corrected chi connectivity index (χ3v) is 6.71. The predicted molar refractivity (Wildman–Crippen MR) is 125 cm³/mol. The van der Waals surface area contributed by atoms with Gasteiger partial charge in [0.1, 0.15) is 5.82 Å². The quantitative estimate of drug-likeness (QED) is 0.439. The van der Waals surface area contributed by atoms with Crippen LogP contribution in [0.2, 0.25) is 0 Å². The van der Waals surface area contributed by atoms with Gasteiger partial charge < -0.3 is 14.9 Å². The summed E-state index contributed by atoms with van der Waals surface area (Å²) in [5, 5.41) is 11.4. The summed E-state index contributed by atoms with van der Waals surface area (Å²) < 4.78 is 39.2. The summed E-state index contributed by atoms with van der Waals surface area (Å²) >= 11 is 1.45. The van der Waals surface area contributed by atoms with Gasteiger partial charge in [0.2, 0.25) is 0 Å². The lowest BCUT2D eigenvalue weighted by atomic mass is 9.93. The van der Waals surface area contributed by atoms with Crippen molar-refractivity contribution in [2.75, 3.05) is 24.5 Å². The molecule has 180 valence electrons. The first-order chi connectivity index (χ1) is 16.3. The minimum absolute atomic E-state index is 0.296. The first kappa shape index (κ1) is 24.0. The molecule has 34 heavy (non-hydrogen) atoms. The second kappa shape index (κ2) is 10.4. The maximum atomic E-state index is 13.1. The molecule has 0 saturated carbocycles. The number of alkyl halides is 3. The van der Waals surface area contributed by atoms with E-state index < -0.39 is 17.8 Å². The molecule has 0 bridgehead atoms. The molecule has 1 N–H and O–H groups in total. The zero-order valence-corrected chi connectivity index (χ0v) is 19.2. The Morgan fingerprint density at radius 3 is 2.62 bits per heavy atom. The lowest BCUT2D eigenvalue weighted by Crippen LogP contribution is -2.36. The number of amides is 1. The Hall–Kier alpha value is -3.14. The zero-order valence-electron chi connectivity index (χ0n) is 18.4. The highest BCUT2D eigenvalue weighted by molar-refractivity contribution is 7.07. The van der Waals surface area contributed by atoms with Crippen LogP contribution >= 0.6 is 11.3 Å². The second-order valence-electron chi connectivity index (χ2n) is 8.36. The highest BCUT2D eigenvalue weighted by atomic mass is 32.1. The smallest absolute Gasteiger partial charge is 0.416 e. The Labute approximate surface area is 199 Å². The Balaban J connectivity index is 1.34. The van der Waals surface area contributed by atoms with Gasteiger partial charge in [0.25, 0.3) is 0 Å². The van der Waals surface area contributed by atoms with Crippen LogP contribution < -0.4 is 4.90 Å². The first-order valence-corrected chi connectivity index (χ1v) is 12.0. The average molecular weight is 491 g/mol. The molecule has 6 nitrogen and oxygen atoms in total. The third kappa shape index (κ3) is 6.05. The summed E-state index contributed by atoms with van der Waals surface area (Å²) in [5.41, 5.74) is 2.70. The van der Waals surface area contributed by atoms with Crippen LogP contribution in [-0.4, -0.2) is 45.7 Å². The summed E-state index contributed by atoms with van der Waals surface area (Å²) in [6.45, 7) is 2.29. The molecule has 1 aliphatic rings. The summed E-state index contributed by atoms with van der Waals surface area (Å²) in [7, 11) is 0. The number of carboxylic acid groups (broad SMARTS) is 1. The number of nitrogens with zero attached hydrogens (tertiary/aromatic N) is 4. The minimum atomic E-state index is -4.40. The van der Waals surface area contributed by atoms with Crippen molar-refractivity contribution in [3.63, 3.8) is 0 Å². The number of halogens is 3. The van der Waals surface area contributed by atoms with Crippen molar-refractivity contribution in [2.24, 2.45) is 5.92 Å². The summed E-state index contributed by atoms with van der Waals surface area (Å²) in [6, 6.07) is 10.6. The summed E-state index contributed by atoms with van der Waals surface area (Å²) in [6.07, 6.45) is -2.76. The molecule has 0 spiro atoms. The molecule has 1 saturated heterocycles. The van der Waals surface area contributed by atoms with Crippen LogP contribution in [0, 0.1) is 5.92 Å². The van der Waals surface area contributed by atoms with Crippen molar-refractivity contribution >= 4 is 23.2 Å². The van der Waals surface area contributed by atoms with Crippen molar-refractivity contribution in [1.82, 2.24) is 14.9 Å². The largest absolute Gasteiger partial charge is 0.465 e. The zero-order chi connectivity index (χ0) is 24.1. The van der Waals surface area contributed by atoms with E-state index in [0.29, 0.717) is 30.3 Å². The molecule has 3 heterocycles. The monoisotopic (exact) mass is 490 g/mol. The molecule has 1 aromatic carbocycles. The number of benzene rings is 1. The van der Waals surface area contributed by atoms with E-state index in [1.807, 2.05) is 17.5 Å². The molecule has 1 aliphatic heterocycles. The van der Waals surface area contributed by atoms with Gasteiger partial charge in [-0.2, -0.15) is 13.2 Å². The van der Waals surface area contributed by atoms with E-state index in [9.17, 15) is 23.1 Å². The molecule has 10 heteroatoms. The number of thiazole rings is 1. The van der Waals surface area contributed by atoms with Crippen molar-refractivity contribution in [1.29, 1.82) is 0 Å². The lowest BCUT2D eigenvalue weighted by Gasteiger charge is -2.33. The number of piperidine rings is 1. The van der Waals surface area contributed by atoms with Crippen LogP contribution in [0.5, 0.6) is 0 Å². The Morgan fingerprint density at radius 1 is 1.18 bits per heavy atom. The maximum absolute atomic E-state index is 13.1. The lowest BCUT2D eigenvalue weighted by molar-refractivity contribution is -0.137. The maximum Gasteiger partial charge on any atom is 0.416 e. The van der Waals surface area contributed by atoms with Gasteiger partial charge in [0, 0.05) is 30.6 Å². The Kier molecular flexibility index (Phi) is 7.35. The third-order valence-electron chi connectivity index (χ3n) is 6.07. The number of anilines is 1. The molecule has 0 atom stereocenters. The van der Waals surface area contributed by atoms with E-state index in [-0.39, 0.29) is 0 Å². The fourth-order valence-corrected chi connectivity index (χ4v) is 4.71. The van der Waals surface area contributed by atoms with E-state index in [2.05, 4.69) is 14.9 Å². The Morgan fingerprint density at radius 2 is 1.94 bits per heavy atom. The highest BCUT2D eigenvalue weighted by Gasteiger charge is 2.30. The van der Waals surface area contributed by atoms with Crippen LogP contribution in [0.15, 0.2) is 53.4 Å². The van der Waals surface area contributed by atoms with Gasteiger partial charge in [0.15, 0.2) is 0 Å². The summed E-state index contributed by atoms with van der Waals surface area (Å²) in [5.74, 6) is 1.14. The number of carbonyl (C=O) groups is 1. The standard InChI is InChI=1S/C24H25F3N4O2S/c25-24(26,27)19-4-1-3-18(13-19)21-5-2-6-22(29-21)30-10-7-17(8-11-30)9-12-31(23(32)33)14-20-15-34-16-28-20/h1-6,13,15-17H,7-12,14H2,(H,32,33). The van der Waals surface area contributed by atoms with Crippen LogP contribution in [-0.2, 0) is 12.7 Å². The number of pyridine rings is 1. The second-order valence-corrected chi connectivity index (χ2v) is 9.08. The molecule has 0 radical (unpaired) electrons. The number of aromatic nitrogens is 2. The van der Waals surface area contributed by atoms with Gasteiger partial charge in [-0.05, 0) is 49.4 Å². The molecule has 3 aromatic rings. The molecular formula is C24H25F3N4O2S. The van der Waals surface area contributed by atoms with Crippen molar-refractivity contribution < 1.29 is 23.1 Å². The molecule has 0 aliphatic carbocycles. The SMILES string of the molecule is O=C(O)N(CCC1CCN(c2cccc(-c3cccc(C(F)(F)F)c3)n2)CC1)Cc1cscn1. The fourth-order valence-electron chi connectivity index (χ4n) is 4.16. The fraction of sp³-hybridized carbons (Fsp3) is 0.375. The first-order valence-electron chi connectivity index (χ1n) is 11.0. The van der Waals surface area contributed by atoms with Crippen LogP contribution in [0.1, 0.15) is 30.5 Å². The van der Waals surface area contributed by atoms with E-state index in [1.165, 1.54) is 22.3 Å².